The molecule has 0 radical (unpaired) electrons. The number of halogens is 2. The molecule has 0 heterocycles. The highest BCUT2D eigenvalue weighted by Gasteiger charge is 2.31. The standard InChI is InChI=1S/C24H31Cl2N3O4S/c1-5-17(2)27-24(31)18(3)28(15-14-19-10-7-6-8-11-19)22(30)16-29(34(4,32)33)21-13-9-12-20(25)23(21)26/h6-13,17-18H,5,14-16H2,1-4H3,(H,27,31)/t17-,18-/m1/s1. The van der Waals surface area contributed by atoms with Gasteiger partial charge in [0, 0.05) is 12.6 Å². The molecule has 7 nitrogen and oxygen atoms in total. The highest BCUT2D eigenvalue weighted by Crippen LogP contribution is 2.33. The molecule has 0 saturated carbocycles. The predicted molar refractivity (Wildman–Crippen MR) is 138 cm³/mol. The zero-order chi connectivity index (χ0) is 25.5. The fourth-order valence-corrected chi connectivity index (χ4v) is 4.62. The van der Waals surface area contributed by atoms with Gasteiger partial charge < -0.3 is 10.2 Å². The first-order valence-electron chi connectivity index (χ1n) is 11.0. The van der Waals surface area contributed by atoms with Crippen molar-refractivity contribution in [2.75, 3.05) is 23.7 Å². The van der Waals surface area contributed by atoms with Crippen molar-refractivity contribution in [1.82, 2.24) is 10.2 Å². The third-order valence-electron chi connectivity index (χ3n) is 5.53. The first-order chi connectivity index (χ1) is 16.0. The van der Waals surface area contributed by atoms with Gasteiger partial charge in [0.25, 0.3) is 0 Å². The lowest BCUT2D eigenvalue weighted by Crippen LogP contribution is -2.53. The molecule has 0 aromatic heterocycles. The van der Waals surface area contributed by atoms with E-state index >= 15 is 0 Å². The minimum atomic E-state index is -3.88. The Bertz CT molecular complexity index is 1100. The molecular weight excluding hydrogens is 497 g/mol. The summed E-state index contributed by atoms with van der Waals surface area (Å²) in [7, 11) is -3.88. The summed E-state index contributed by atoms with van der Waals surface area (Å²) in [4.78, 5) is 27.7. The van der Waals surface area contributed by atoms with E-state index in [1.807, 2.05) is 44.2 Å². The van der Waals surface area contributed by atoms with Gasteiger partial charge in [0.15, 0.2) is 0 Å². The second-order valence-corrected chi connectivity index (χ2v) is 10.9. The van der Waals surface area contributed by atoms with Crippen LogP contribution in [0.15, 0.2) is 48.5 Å². The summed E-state index contributed by atoms with van der Waals surface area (Å²) in [6.45, 7) is 5.19. The van der Waals surface area contributed by atoms with E-state index in [0.717, 1.165) is 22.5 Å². The average Bonchev–Trinajstić information content (AvgIpc) is 2.79. The largest absolute Gasteiger partial charge is 0.352 e. The molecule has 10 heteroatoms. The molecule has 34 heavy (non-hydrogen) atoms. The number of benzene rings is 2. The zero-order valence-corrected chi connectivity index (χ0v) is 22.1. The molecule has 0 aliphatic carbocycles. The van der Waals surface area contributed by atoms with E-state index in [0.29, 0.717) is 6.42 Å². The number of rotatable bonds is 11. The van der Waals surface area contributed by atoms with E-state index in [1.54, 1.807) is 13.0 Å². The second kappa shape index (κ2) is 12.4. The number of amides is 2. The lowest BCUT2D eigenvalue weighted by atomic mass is 10.1. The van der Waals surface area contributed by atoms with E-state index in [4.69, 9.17) is 23.2 Å². The fraction of sp³-hybridized carbons (Fsp3) is 0.417. The zero-order valence-electron chi connectivity index (χ0n) is 19.8. The van der Waals surface area contributed by atoms with Gasteiger partial charge in [-0.2, -0.15) is 0 Å². The molecule has 0 bridgehead atoms. The molecule has 0 fully saturated rings. The summed E-state index contributed by atoms with van der Waals surface area (Å²) in [5.74, 6) is -0.827. The predicted octanol–water partition coefficient (Wildman–Crippen LogP) is 4.13. The van der Waals surface area contributed by atoms with E-state index in [-0.39, 0.29) is 34.2 Å². The van der Waals surface area contributed by atoms with Crippen LogP contribution < -0.4 is 9.62 Å². The SMILES string of the molecule is CC[C@@H](C)NC(=O)[C@@H](C)N(CCc1ccccc1)C(=O)CN(c1cccc(Cl)c1Cl)S(C)(=O)=O. The molecule has 186 valence electrons. The first-order valence-corrected chi connectivity index (χ1v) is 13.6. The Hall–Kier alpha value is -2.29. The van der Waals surface area contributed by atoms with Crippen molar-refractivity contribution >= 4 is 50.7 Å². The van der Waals surface area contributed by atoms with Crippen molar-refractivity contribution in [1.29, 1.82) is 0 Å². The molecule has 0 aliphatic rings. The van der Waals surface area contributed by atoms with Crippen LogP contribution in [-0.2, 0) is 26.0 Å². The van der Waals surface area contributed by atoms with Crippen LogP contribution in [0.3, 0.4) is 0 Å². The topological polar surface area (TPSA) is 86.8 Å². The summed E-state index contributed by atoms with van der Waals surface area (Å²) < 4.78 is 26.1. The van der Waals surface area contributed by atoms with Crippen LogP contribution in [0, 0.1) is 0 Å². The molecule has 0 spiro atoms. The maximum atomic E-state index is 13.5. The minimum absolute atomic E-state index is 0.0285. The second-order valence-electron chi connectivity index (χ2n) is 8.16. The summed E-state index contributed by atoms with van der Waals surface area (Å²) in [6, 6.07) is 13.3. The normalized spacial score (nSPS) is 13.1. The molecule has 2 rings (SSSR count). The van der Waals surface area contributed by atoms with Crippen LogP contribution in [0.1, 0.15) is 32.8 Å². The van der Waals surface area contributed by atoms with Gasteiger partial charge in [0.1, 0.15) is 12.6 Å². The van der Waals surface area contributed by atoms with Crippen molar-refractivity contribution < 1.29 is 18.0 Å². The van der Waals surface area contributed by atoms with Crippen LogP contribution in [0.4, 0.5) is 5.69 Å². The third kappa shape index (κ3) is 7.61. The average molecular weight is 529 g/mol. The Kier molecular flexibility index (Phi) is 10.2. The van der Waals surface area contributed by atoms with Crippen LogP contribution in [0.5, 0.6) is 0 Å². The van der Waals surface area contributed by atoms with Gasteiger partial charge in [-0.15, -0.1) is 0 Å². The van der Waals surface area contributed by atoms with Crippen LogP contribution in [0.25, 0.3) is 0 Å². The first kappa shape index (κ1) is 28.0. The number of anilines is 1. The molecule has 0 aliphatic heterocycles. The highest BCUT2D eigenvalue weighted by atomic mass is 35.5. The summed E-state index contributed by atoms with van der Waals surface area (Å²) >= 11 is 12.3. The van der Waals surface area contributed by atoms with E-state index in [9.17, 15) is 18.0 Å². The van der Waals surface area contributed by atoms with Gasteiger partial charge in [-0.05, 0) is 44.4 Å². The Morgan fingerprint density at radius 2 is 1.68 bits per heavy atom. The number of hydrogen-bond donors (Lipinski definition) is 1. The number of sulfonamides is 1. The molecule has 2 aromatic carbocycles. The van der Waals surface area contributed by atoms with Gasteiger partial charge in [0.05, 0.1) is 22.0 Å². The van der Waals surface area contributed by atoms with Gasteiger partial charge in [-0.25, -0.2) is 8.42 Å². The van der Waals surface area contributed by atoms with Gasteiger partial charge in [-0.3, -0.25) is 13.9 Å². The third-order valence-corrected chi connectivity index (χ3v) is 7.47. The Balaban J connectivity index is 2.35. The lowest BCUT2D eigenvalue weighted by Gasteiger charge is -2.32. The summed E-state index contributed by atoms with van der Waals surface area (Å²) in [5, 5.41) is 3.09. The Morgan fingerprint density at radius 1 is 1.03 bits per heavy atom. The number of carbonyl (C=O) groups is 2. The molecular formula is C24H31Cl2N3O4S. The lowest BCUT2D eigenvalue weighted by molar-refractivity contribution is -0.139. The number of hydrogen-bond acceptors (Lipinski definition) is 4. The van der Waals surface area contributed by atoms with Crippen LogP contribution in [-0.4, -0.2) is 56.6 Å². The molecule has 1 N–H and O–H groups in total. The van der Waals surface area contributed by atoms with E-state index < -0.39 is 28.5 Å². The molecule has 2 amide bonds. The number of carbonyl (C=O) groups excluding carboxylic acids is 2. The molecule has 2 atom stereocenters. The minimum Gasteiger partial charge on any atom is -0.352 e. The van der Waals surface area contributed by atoms with Crippen molar-refractivity contribution in [3.63, 3.8) is 0 Å². The summed E-state index contributed by atoms with van der Waals surface area (Å²) in [6.07, 6.45) is 2.24. The van der Waals surface area contributed by atoms with Gasteiger partial charge in [0.2, 0.25) is 21.8 Å². The Labute approximate surface area is 212 Å². The maximum absolute atomic E-state index is 13.5. The summed E-state index contributed by atoms with van der Waals surface area (Å²) in [5.41, 5.74) is 1.09. The maximum Gasteiger partial charge on any atom is 0.244 e. The van der Waals surface area contributed by atoms with Crippen LogP contribution in [0.2, 0.25) is 10.0 Å². The van der Waals surface area contributed by atoms with E-state index in [1.165, 1.54) is 17.0 Å². The molecule has 2 aromatic rings. The Morgan fingerprint density at radius 3 is 2.26 bits per heavy atom. The van der Waals surface area contributed by atoms with Gasteiger partial charge in [-0.1, -0.05) is 66.5 Å². The fourth-order valence-electron chi connectivity index (χ4n) is 3.32. The molecule has 0 saturated heterocycles. The van der Waals surface area contributed by atoms with Crippen molar-refractivity contribution in [2.24, 2.45) is 0 Å². The number of nitrogens with zero attached hydrogens (tertiary/aromatic N) is 2. The quantitative estimate of drug-likeness (QED) is 0.475. The van der Waals surface area contributed by atoms with Crippen molar-refractivity contribution in [3.05, 3.63) is 64.1 Å². The van der Waals surface area contributed by atoms with Crippen molar-refractivity contribution in [2.45, 2.75) is 45.7 Å². The van der Waals surface area contributed by atoms with Gasteiger partial charge >= 0.3 is 0 Å². The monoisotopic (exact) mass is 527 g/mol. The molecule has 0 unspecified atom stereocenters. The smallest absolute Gasteiger partial charge is 0.244 e. The van der Waals surface area contributed by atoms with Crippen molar-refractivity contribution in [3.8, 4) is 0 Å². The number of nitrogens with one attached hydrogen (secondary N) is 1. The van der Waals surface area contributed by atoms with Crippen LogP contribution >= 0.6 is 23.2 Å². The van der Waals surface area contributed by atoms with E-state index in [2.05, 4.69) is 5.32 Å². The highest BCUT2D eigenvalue weighted by molar-refractivity contribution is 7.92.